The summed E-state index contributed by atoms with van der Waals surface area (Å²) < 4.78 is 6.46. The average molecular weight is 391 g/mol. The van der Waals surface area contributed by atoms with Crippen LogP contribution in [0.1, 0.15) is 28.7 Å². The van der Waals surface area contributed by atoms with E-state index in [4.69, 9.17) is 0 Å². The van der Waals surface area contributed by atoms with Crippen molar-refractivity contribution in [2.45, 2.75) is 27.3 Å². The van der Waals surface area contributed by atoms with E-state index in [1.54, 1.807) is 0 Å². The number of carbonyl (C=O) groups is 1. The van der Waals surface area contributed by atoms with E-state index in [2.05, 4.69) is 15.2 Å². The van der Waals surface area contributed by atoms with Gasteiger partial charge in [0.25, 0.3) is 11.4 Å². The number of ether oxygens (including phenoxy) is 1. The molecule has 150 valence electrons. The van der Waals surface area contributed by atoms with Crippen LogP contribution in [0.2, 0.25) is 0 Å². The molecule has 2 aromatic rings. The third kappa shape index (κ3) is 4.61. The molecule has 0 aliphatic carbocycles. The van der Waals surface area contributed by atoms with Gasteiger partial charge in [0.1, 0.15) is 5.69 Å². The second kappa shape index (κ2) is 8.46. The molecule has 1 aromatic carbocycles. The summed E-state index contributed by atoms with van der Waals surface area (Å²) in [7, 11) is 1.10. The molecule has 0 radical (unpaired) electrons. The standard InChI is InChI=1S/C17H21N5O6/c1-10(9-20-12(3)5-11(2)19-20)8-18-16-14(17(23)28-4)6-13(21(24)25)7-15(16)22(26)27/h5-7,10,18H,8-9H2,1-4H3. The van der Waals surface area contributed by atoms with Crippen LogP contribution in [0.15, 0.2) is 18.2 Å². The monoisotopic (exact) mass is 391 g/mol. The van der Waals surface area contributed by atoms with Crippen molar-refractivity contribution >= 4 is 23.0 Å². The van der Waals surface area contributed by atoms with Gasteiger partial charge in [-0.15, -0.1) is 0 Å². The number of methoxy groups -OCH3 is 1. The Hall–Kier alpha value is -3.50. The fourth-order valence-electron chi connectivity index (χ4n) is 2.81. The lowest BCUT2D eigenvalue weighted by Gasteiger charge is -2.16. The Labute approximate surface area is 160 Å². The summed E-state index contributed by atoms with van der Waals surface area (Å²) in [5, 5.41) is 29.7. The van der Waals surface area contributed by atoms with Gasteiger partial charge in [-0.3, -0.25) is 24.9 Å². The number of hydrogen-bond donors (Lipinski definition) is 1. The number of nitrogens with one attached hydrogen (secondary N) is 1. The number of benzene rings is 1. The van der Waals surface area contributed by atoms with Crippen molar-refractivity contribution in [3.05, 3.63) is 55.4 Å². The van der Waals surface area contributed by atoms with Crippen LogP contribution in [-0.4, -0.2) is 39.3 Å². The maximum Gasteiger partial charge on any atom is 0.340 e. The smallest absolute Gasteiger partial charge is 0.340 e. The van der Waals surface area contributed by atoms with Crippen LogP contribution in [-0.2, 0) is 11.3 Å². The van der Waals surface area contributed by atoms with Gasteiger partial charge in [0.05, 0.1) is 34.3 Å². The number of aryl methyl sites for hydroxylation is 2. The lowest BCUT2D eigenvalue weighted by atomic mass is 10.1. The Morgan fingerprint density at radius 1 is 1.25 bits per heavy atom. The van der Waals surface area contributed by atoms with Gasteiger partial charge in [0.15, 0.2) is 0 Å². The fraction of sp³-hybridized carbons (Fsp3) is 0.412. The second-order valence-electron chi connectivity index (χ2n) is 6.49. The summed E-state index contributed by atoms with van der Waals surface area (Å²) >= 11 is 0. The summed E-state index contributed by atoms with van der Waals surface area (Å²) in [5.74, 6) is -0.904. The molecular weight excluding hydrogens is 370 g/mol. The number of hydrogen-bond acceptors (Lipinski definition) is 8. The van der Waals surface area contributed by atoms with Crippen LogP contribution in [0, 0.1) is 40.0 Å². The van der Waals surface area contributed by atoms with Gasteiger partial charge < -0.3 is 10.1 Å². The van der Waals surface area contributed by atoms with Crippen LogP contribution >= 0.6 is 0 Å². The van der Waals surface area contributed by atoms with Gasteiger partial charge in [-0.2, -0.15) is 5.10 Å². The highest BCUT2D eigenvalue weighted by atomic mass is 16.6. The molecule has 0 aliphatic rings. The average Bonchev–Trinajstić information content (AvgIpc) is 2.95. The van der Waals surface area contributed by atoms with Gasteiger partial charge in [-0.25, -0.2) is 4.79 Å². The van der Waals surface area contributed by atoms with Crippen LogP contribution in [0.3, 0.4) is 0 Å². The maximum absolute atomic E-state index is 12.0. The number of nitrogens with zero attached hydrogens (tertiary/aromatic N) is 4. The summed E-state index contributed by atoms with van der Waals surface area (Å²) in [4.78, 5) is 33.0. The first kappa shape index (κ1) is 20.8. The third-order valence-corrected chi connectivity index (χ3v) is 4.13. The van der Waals surface area contributed by atoms with E-state index in [0.29, 0.717) is 6.54 Å². The first-order valence-corrected chi connectivity index (χ1v) is 8.44. The van der Waals surface area contributed by atoms with E-state index in [9.17, 15) is 25.0 Å². The Morgan fingerprint density at radius 2 is 1.93 bits per heavy atom. The molecule has 1 heterocycles. The molecule has 28 heavy (non-hydrogen) atoms. The van der Waals surface area contributed by atoms with Gasteiger partial charge >= 0.3 is 5.97 Å². The lowest BCUT2D eigenvalue weighted by Crippen LogP contribution is -2.20. The summed E-state index contributed by atoms with van der Waals surface area (Å²) in [6.45, 7) is 6.56. The van der Waals surface area contributed by atoms with Crippen molar-refractivity contribution in [3.63, 3.8) is 0 Å². The number of nitro benzene ring substituents is 2. The van der Waals surface area contributed by atoms with E-state index in [1.165, 1.54) is 0 Å². The van der Waals surface area contributed by atoms with Crippen LogP contribution in [0.5, 0.6) is 0 Å². The largest absolute Gasteiger partial charge is 0.465 e. The van der Waals surface area contributed by atoms with E-state index >= 15 is 0 Å². The molecule has 0 saturated heterocycles. The predicted molar refractivity (Wildman–Crippen MR) is 100 cm³/mol. The van der Waals surface area contributed by atoms with E-state index in [0.717, 1.165) is 30.6 Å². The first-order chi connectivity index (χ1) is 13.1. The number of anilines is 1. The number of aromatic nitrogens is 2. The summed E-state index contributed by atoms with van der Waals surface area (Å²) in [6.07, 6.45) is 0. The Bertz CT molecular complexity index is 923. The SMILES string of the molecule is COC(=O)c1cc([N+](=O)[O-])cc([N+](=O)[O-])c1NCC(C)Cn1nc(C)cc1C. The van der Waals surface area contributed by atoms with Crippen molar-refractivity contribution in [2.75, 3.05) is 19.0 Å². The minimum Gasteiger partial charge on any atom is -0.465 e. The first-order valence-electron chi connectivity index (χ1n) is 8.44. The zero-order valence-corrected chi connectivity index (χ0v) is 16.0. The van der Waals surface area contributed by atoms with Gasteiger partial charge in [-0.1, -0.05) is 6.92 Å². The predicted octanol–water partition coefficient (Wildman–Crippen LogP) is 2.85. The van der Waals surface area contributed by atoms with Gasteiger partial charge in [-0.05, 0) is 25.8 Å². The second-order valence-corrected chi connectivity index (χ2v) is 6.49. The molecule has 1 unspecified atom stereocenters. The number of nitro groups is 2. The van der Waals surface area contributed by atoms with Gasteiger partial charge in [0, 0.05) is 24.8 Å². The van der Waals surface area contributed by atoms with E-state index < -0.39 is 27.2 Å². The van der Waals surface area contributed by atoms with Crippen molar-refractivity contribution in [1.29, 1.82) is 0 Å². The molecule has 11 nitrogen and oxygen atoms in total. The molecule has 2 rings (SSSR count). The summed E-state index contributed by atoms with van der Waals surface area (Å²) in [6, 6.07) is 3.73. The number of carbonyl (C=O) groups excluding carboxylic acids is 1. The highest BCUT2D eigenvalue weighted by Crippen LogP contribution is 2.34. The van der Waals surface area contributed by atoms with E-state index in [1.807, 2.05) is 31.5 Å². The molecule has 0 bridgehead atoms. The molecule has 0 spiro atoms. The molecule has 0 fully saturated rings. The lowest BCUT2D eigenvalue weighted by molar-refractivity contribution is -0.393. The fourth-order valence-corrected chi connectivity index (χ4v) is 2.81. The normalized spacial score (nSPS) is 11.7. The number of esters is 1. The van der Waals surface area contributed by atoms with Gasteiger partial charge in [0.2, 0.25) is 0 Å². The van der Waals surface area contributed by atoms with Crippen LogP contribution < -0.4 is 5.32 Å². The van der Waals surface area contributed by atoms with Crippen molar-refractivity contribution in [2.24, 2.45) is 5.92 Å². The minimum atomic E-state index is -0.902. The highest BCUT2D eigenvalue weighted by Gasteiger charge is 2.28. The Morgan fingerprint density at radius 3 is 2.43 bits per heavy atom. The summed E-state index contributed by atoms with van der Waals surface area (Å²) in [5.41, 5.74) is 0.378. The molecule has 0 saturated carbocycles. The van der Waals surface area contributed by atoms with Crippen molar-refractivity contribution in [3.8, 4) is 0 Å². The Balaban J connectivity index is 2.32. The van der Waals surface area contributed by atoms with Crippen molar-refractivity contribution in [1.82, 2.24) is 9.78 Å². The molecular formula is C17H21N5O6. The zero-order valence-electron chi connectivity index (χ0n) is 16.0. The molecule has 1 N–H and O–H groups in total. The zero-order chi connectivity index (χ0) is 21.0. The maximum atomic E-state index is 12.0. The quantitative estimate of drug-likeness (QED) is 0.411. The topological polar surface area (TPSA) is 142 Å². The molecule has 1 aromatic heterocycles. The molecule has 0 amide bonds. The van der Waals surface area contributed by atoms with E-state index in [-0.39, 0.29) is 23.7 Å². The number of non-ortho nitro benzene ring substituents is 1. The highest BCUT2D eigenvalue weighted by molar-refractivity contribution is 5.99. The Kier molecular flexibility index (Phi) is 6.29. The molecule has 1 atom stereocenters. The third-order valence-electron chi connectivity index (χ3n) is 4.13. The van der Waals surface area contributed by atoms with Crippen LogP contribution in [0.25, 0.3) is 0 Å². The molecule has 0 aliphatic heterocycles. The molecule has 11 heteroatoms. The van der Waals surface area contributed by atoms with Crippen molar-refractivity contribution < 1.29 is 19.4 Å². The minimum absolute atomic E-state index is 0.00158. The van der Waals surface area contributed by atoms with Crippen LogP contribution in [0.4, 0.5) is 17.1 Å². The number of rotatable bonds is 8.